The van der Waals surface area contributed by atoms with E-state index in [9.17, 15) is 31.5 Å². The van der Waals surface area contributed by atoms with Crippen molar-refractivity contribution in [1.29, 1.82) is 0 Å². The number of carbonyl (C=O) groups excluding carboxylic acids is 2. The minimum atomic E-state index is -5.08. The lowest BCUT2D eigenvalue weighted by atomic mass is 9.90. The Bertz CT molecular complexity index is 1940. The summed E-state index contributed by atoms with van der Waals surface area (Å²) in [4.78, 5) is 42.1. The number of aromatic nitrogens is 5. The number of anilines is 1. The predicted molar refractivity (Wildman–Crippen MR) is 173 cm³/mol. The van der Waals surface area contributed by atoms with Gasteiger partial charge < -0.3 is 15.3 Å². The number of halogens is 6. The Hall–Kier alpha value is -5.12. The van der Waals surface area contributed by atoms with Crippen molar-refractivity contribution < 1.29 is 41.4 Å². The van der Waals surface area contributed by atoms with Gasteiger partial charge in [-0.15, -0.1) is 0 Å². The summed E-state index contributed by atoms with van der Waals surface area (Å²) in [6.45, 7) is -0.428. The van der Waals surface area contributed by atoms with Crippen LogP contribution in [0.1, 0.15) is 56.5 Å². The summed E-state index contributed by atoms with van der Waals surface area (Å²) < 4.78 is 60.5. The van der Waals surface area contributed by atoms with Crippen molar-refractivity contribution >= 4 is 40.6 Å². The van der Waals surface area contributed by atoms with Crippen LogP contribution >= 0.6 is 11.6 Å². The van der Waals surface area contributed by atoms with E-state index < -0.39 is 18.7 Å². The lowest BCUT2D eigenvalue weighted by Gasteiger charge is -2.35. The highest BCUT2D eigenvalue weighted by atomic mass is 35.5. The number of carboxylic acids is 1. The SMILES string of the molecule is C[C@@H]1CCC[C@H](N2CCC(c3cc(Cl)ccc3-c3cnn(C(F)F)c3)=CC2=O)c2cc(ccn2)-c2c(cnn2C)NC1=O.O=C(O)C(F)(F)F. The van der Waals surface area contributed by atoms with Gasteiger partial charge >= 0.3 is 18.7 Å². The van der Waals surface area contributed by atoms with Gasteiger partial charge in [0, 0.05) is 54.1 Å². The average molecular weight is 720 g/mol. The number of carbonyl (C=O) groups is 3. The number of rotatable bonds is 4. The van der Waals surface area contributed by atoms with Crippen molar-refractivity contribution in [1.82, 2.24) is 29.4 Å². The van der Waals surface area contributed by atoms with Crippen LogP contribution in [-0.2, 0) is 21.4 Å². The summed E-state index contributed by atoms with van der Waals surface area (Å²) in [5.74, 6) is -3.23. The number of fused-ring (bicyclic) bond motifs is 4. The zero-order chi connectivity index (χ0) is 36.3. The number of nitrogens with one attached hydrogen (secondary N) is 1. The number of benzene rings is 1. The highest BCUT2D eigenvalue weighted by Crippen LogP contribution is 2.38. The van der Waals surface area contributed by atoms with E-state index in [-0.39, 0.29) is 23.8 Å². The van der Waals surface area contributed by atoms with Crippen LogP contribution in [0.2, 0.25) is 5.02 Å². The van der Waals surface area contributed by atoms with Crippen LogP contribution in [0.15, 0.2) is 61.2 Å². The standard InChI is InChI=1S/C31H30ClF2N7O2.C2HF3O2/c1-18-4-3-5-27(25-12-20(8-10-35-25)29-26(38-30(18)43)16-36-39(29)2)40-11-9-19(13-28(40)42)24-14-22(32)6-7-23(24)21-15-37-41(17-21)31(33)34;3-2(4,5)1(6)7/h6-8,10,12-18,27,31H,3-5,9,11H2,1-2H3,(H,38,43);(H,6,7)/t18-,27+;/m1./s1. The highest BCUT2D eigenvalue weighted by molar-refractivity contribution is 6.31. The molecule has 0 saturated carbocycles. The van der Waals surface area contributed by atoms with E-state index in [0.717, 1.165) is 28.9 Å². The maximum atomic E-state index is 13.8. The number of pyridine rings is 1. The van der Waals surface area contributed by atoms with Crippen molar-refractivity contribution in [2.75, 3.05) is 11.9 Å². The second-order valence-corrected chi connectivity index (χ2v) is 12.2. The van der Waals surface area contributed by atoms with Gasteiger partial charge in [0.05, 0.1) is 35.5 Å². The van der Waals surface area contributed by atoms with E-state index in [4.69, 9.17) is 21.5 Å². The number of nitrogens with zero attached hydrogens (tertiary/aromatic N) is 6. The first-order valence-corrected chi connectivity index (χ1v) is 15.7. The maximum absolute atomic E-state index is 13.8. The molecule has 0 saturated heterocycles. The molecule has 0 unspecified atom stereocenters. The number of carboxylic acid groups (broad SMARTS) is 1. The lowest BCUT2D eigenvalue weighted by Crippen LogP contribution is -2.38. The largest absolute Gasteiger partial charge is 0.490 e. The minimum absolute atomic E-state index is 0.0707. The summed E-state index contributed by atoms with van der Waals surface area (Å²) in [6.07, 6.45) is 5.09. The molecule has 2 aliphatic heterocycles. The number of hydrogen-bond acceptors (Lipinski definition) is 6. The molecule has 2 bridgehead atoms. The first kappa shape index (κ1) is 36.2. The summed E-state index contributed by atoms with van der Waals surface area (Å²) in [5, 5.41) is 18.8. The molecule has 4 aromatic rings. The van der Waals surface area contributed by atoms with Gasteiger partial charge in [-0.3, -0.25) is 19.3 Å². The van der Waals surface area contributed by atoms with Crippen molar-refractivity contribution in [3.63, 3.8) is 0 Å². The Morgan fingerprint density at radius 3 is 2.46 bits per heavy atom. The molecule has 17 heteroatoms. The molecular formula is C33H31ClF5N7O4. The summed E-state index contributed by atoms with van der Waals surface area (Å²) in [7, 11) is 1.82. The van der Waals surface area contributed by atoms with E-state index in [2.05, 4.69) is 20.5 Å². The van der Waals surface area contributed by atoms with E-state index in [1.807, 2.05) is 31.0 Å². The van der Waals surface area contributed by atoms with Crippen molar-refractivity contribution in [2.24, 2.45) is 13.0 Å². The van der Waals surface area contributed by atoms with Gasteiger partial charge in [-0.25, -0.2) is 9.48 Å². The van der Waals surface area contributed by atoms with Crippen LogP contribution in [0, 0.1) is 5.92 Å². The summed E-state index contributed by atoms with van der Waals surface area (Å²) in [5.41, 5.74) is 5.65. The molecule has 2 amide bonds. The Morgan fingerprint density at radius 1 is 1.06 bits per heavy atom. The molecule has 0 spiro atoms. The van der Waals surface area contributed by atoms with Gasteiger partial charge in [-0.05, 0) is 60.2 Å². The Labute approximate surface area is 287 Å². The fourth-order valence-electron chi connectivity index (χ4n) is 5.91. The molecule has 0 radical (unpaired) electrons. The molecular weight excluding hydrogens is 689 g/mol. The Kier molecular flexibility index (Phi) is 10.7. The fourth-order valence-corrected chi connectivity index (χ4v) is 6.08. The second kappa shape index (κ2) is 14.8. The number of aryl methyl sites for hydroxylation is 1. The number of amides is 2. The zero-order valence-corrected chi connectivity index (χ0v) is 27.4. The molecule has 2 atom stereocenters. The molecule has 0 fully saturated rings. The van der Waals surface area contributed by atoms with Crippen LogP contribution in [0.5, 0.6) is 0 Å². The number of aliphatic carboxylic acids is 1. The monoisotopic (exact) mass is 719 g/mol. The van der Waals surface area contributed by atoms with Crippen molar-refractivity contribution in [2.45, 2.75) is 51.4 Å². The normalized spacial score (nSPS) is 18.3. The first-order valence-electron chi connectivity index (χ1n) is 15.4. The third-order valence-electron chi connectivity index (χ3n) is 8.42. The smallest absolute Gasteiger partial charge is 0.475 e. The van der Waals surface area contributed by atoms with Gasteiger partial charge in [0.25, 0.3) is 0 Å². The average Bonchev–Trinajstić information content (AvgIpc) is 3.70. The number of hydrogen-bond donors (Lipinski definition) is 2. The zero-order valence-electron chi connectivity index (χ0n) is 26.7. The third kappa shape index (κ3) is 8.01. The minimum Gasteiger partial charge on any atom is -0.475 e. The molecule has 1 aromatic carbocycles. The van der Waals surface area contributed by atoms with Gasteiger partial charge in [0.1, 0.15) is 0 Å². The van der Waals surface area contributed by atoms with Crippen molar-refractivity contribution in [3.05, 3.63) is 77.5 Å². The van der Waals surface area contributed by atoms with Crippen LogP contribution in [-0.4, -0.2) is 65.1 Å². The van der Waals surface area contributed by atoms with Crippen molar-refractivity contribution in [3.8, 4) is 22.4 Å². The molecule has 0 aliphatic carbocycles. The molecule has 264 valence electrons. The second-order valence-electron chi connectivity index (χ2n) is 11.8. The van der Waals surface area contributed by atoms with E-state index >= 15 is 0 Å². The highest BCUT2D eigenvalue weighted by Gasteiger charge is 2.38. The van der Waals surface area contributed by atoms with Crippen LogP contribution < -0.4 is 5.32 Å². The topological polar surface area (TPSA) is 135 Å². The Balaban J connectivity index is 0.000000630. The molecule has 6 rings (SSSR count). The van der Waals surface area contributed by atoms with E-state index in [1.54, 1.807) is 41.4 Å². The van der Waals surface area contributed by atoms with Crippen LogP contribution in [0.25, 0.3) is 28.0 Å². The fraction of sp³-hybridized carbons (Fsp3) is 0.333. The van der Waals surface area contributed by atoms with Crippen LogP contribution in [0.4, 0.5) is 27.6 Å². The van der Waals surface area contributed by atoms with Gasteiger partial charge in [0.15, 0.2) is 0 Å². The predicted octanol–water partition coefficient (Wildman–Crippen LogP) is 7.14. The number of alkyl halides is 5. The molecule has 3 aromatic heterocycles. The van der Waals surface area contributed by atoms with E-state index in [0.29, 0.717) is 57.9 Å². The maximum Gasteiger partial charge on any atom is 0.490 e. The van der Waals surface area contributed by atoms with Gasteiger partial charge in [-0.1, -0.05) is 31.0 Å². The summed E-state index contributed by atoms with van der Waals surface area (Å²) in [6, 6.07) is 8.73. The Morgan fingerprint density at radius 2 is 1.80 bits per heavy atom. The molecule has 2 N–H and O–H groups in total. The van der Waals surface area contributed by atoms with Gasteiger partial charge in [0.2, 0.25) is 11.8 Å². The lowest BCUT2D eigenvalue weighted by molar-refractivity contribution is -0.192. The van der Waals surface area contributed by atoms with E-state index in [1.165, 1.54) is 12.4 Å². The molecule has 50 heavy (non-hydrogen) atoms. The molecule has 2 aliphatic rings. The molecule has 11 nitrogen and oxygen atoms in total. The molecule has 5 heterocycles. The quantitative estimate of drug-likeness (QED) is 0.214. The van der Waals surface area contributed by atoms with Crippen LogP contribution in [0.3, 0.4) is 0 Å². The van der Waals surface area contributed by atoms with Gasteiger partial charge in [-0.2, -0.15) is 32.1 Å². The summed E-state index contributed by atoms with van der Waals surface area (Å²) >= 11 is 6.35. The third-order valence-corrected chi connectivity index (χ3v) is 8.65. The first-order chi connectivity index (χ1) is 23.6.